The third-order valence-corrected chi connectivity index (χ3v) is 7.16. The topological polar surface area (TPSA) is 81.5 Å². The summed E-state index contributed by atoms with van der Waals surface area (Å²) in [6.07, 6.45) is 2.47. The van der Waals surface area contributed by atoms with Crippen molar-refractivity contribution < 1.29 is 13.2 Å². The van der Waals surface area contributed by atoms with Crippen LogP contribution in [0.25, 0.3) is 0 Å². The van der Waals surface area contributed by atoms with Crippen molar-refractivity contribution in [2.75, 3.05) is 19.6 Å². The van der Waals surface area contributed by atoms with E-state index >= 15 is 0 Å². The van der Waals surface area contributed by atoms with Gasteiger partial charge in [0.1, 0.15) is 6.07 Å². The SMILES string of the molecule is CC(C)[C@H]1CN(S(=O)(=O)c2ccccc2C#N)CCC(=O)N1CC1CC1. The standard InChI is InChI=1S/C19H25N3O3S/c1-14(2)17-13-21(10-9-19(23)22(17)12-15-7-8-15)26(24,25)18-6-4-3-5-16(18)11-20/h3-6,14-15,17H,7-10,12-13H2,1-2H3/t17-/m1/s1. The lowest BCUT2D eigenvalue weighted by molar-refractivity contribution is -0.133. The first-order chi connectivity index (χ1) is 12.3. The van der Waals surface area contributed by atoms with Crippen LogP contribution in [0.3, 0.4) is 0 Å². The van der Waals surface area contributed by atoms with Crippen molar-refractivity contribution in [3.8, 4) is 6.07 Å². The van der Waals surface area contributed by atoms with Crippen molar-refractivity contribution in [1.82, 2.24) is 9.21 Å². The van der Waals surface area contributed by atoms with E-state index < -0.39 is 10.0 Å². The lowest BCUT2D eigenvalue weighted by Crippen LogP contribution is -2.48. The zero-order chi connectivity index (χ0) is 18.9. The minimum atomic E-state index is -3.82. The number of sulfonamides is 1. The molecule has 140 valence electrons. The van der Waals surface area contributed by atoms with Gasteiger partial charge in [-0.25, -0.2) is 8.42 Å². The molecule has 7 heteroatoms. The molecule has 1 aliphatic carbocycles. The Morgan fingerprint density at radius 2 is 1.96 bits per heavy atom. The molecular formula is C19H25N3O3S. The molecule has 1 atom stereocenters. The number of nitriles is 1. The van der Waals surface area contributed by atoms with Crippen molar-refractivity contribution in [2.24, 2.45) is 11.8 Å². The van der Waals surface area contributed by atoms with Crippen LogP contribution >= 0.6 is 0 Å². The van der Waals surface area contributed by atoms with Gasteiger partial charge in [0.05, 0.1) is 10.5 Å². The molecule has 26 heavy (non-hydrogen) atoms. The number of hydrogen-bond acceptors (Lipinski definition) is 4. The molecule has 1 aromatic carbocycles. The lowest BCUT2D eigenvalue weighted by atomic mass is 10.0. The van der Waals surface area contributed by atoms with Gasteiger partial charge in [0.2, 0.25) is 15.9 Å². The van der Waals surface area contributed by atoms with Crippen LogP contribution in [0, 0.1) is 23.2 Å². The molecule has 0 spiro atoms. The molecule has 0 N–H and O–H groups in total. The second-order valence-corrected chi connectivity index (χ2v) is 9.43. The van der Waals surface area contributed by atoms with Crippen molar-refractivity contribution >= 4 is 15.9 Å². The Labute approximate surface area is 155 Å². The normalized spacial score (nSPS) is 22.3. The Morgan fingerprint density at radius 3 is 2.58 bits per heavy atom. The van der Waals surface area contributed by atoms with E-state index in [-0.39, 0.29) is 47.8 Å². The molecule has 1 saturated heterocycles. The number of amides is 1. The third-order valence-electron chi connectivity index (χ3n) is 5.23. The van der Waals surface area contributed by atoms with Gasteiger partial charge < -0.3 is 4.90 Å². The molecule has 0 bridgehead atoms. The summed E-state index contributed by atoms with van der Waals surface area (Å²) in [7, 11) is -3.82. The number of carbonyl (C=O) groups excluding carboxylic acids is 1. The highest BCUT2D eigenvalue weighted by Crippen LogP contribution is 2.33. The minimum absolute atomic E-state index is 0.0214. The number of rotatable bonds is 5. The van der Waals surface area contributed by atoms with E-state index in [0.29, 0.717) is 5.92 Å². The van der Waals surface area contributed by atoms with E-state index in [4.69, 9.17) is 0 Å². The minimum Gasteiger partial charge on any atom is -0.338 e. The lowest BCUT2D eigenvalue weighted by Gasteiger charge is -2.34. The van der Waals surface area contributed by atoms with Gasteiger partial charge in [-0.2, -0.15) is 9.57 Å². The van der Waals surface area contributed by atoms with Gasteiger partial charge in [0.15, 0.2) is 0 Å². The summed E-state index contributed by atoms with van der Waals surface area (Å²) in [5.74, 6) is 0.740. The van der Waals surface area contributed by atoms with E-state index in [1.54, 1.807) is 12.1 Å². The summed E-state index contributed by atoms with van der Waals surface area (Å²) in [6.45, 7) is 5.21. The van der Waals surface area contributed by atoms with Gasteiger partial charge in [-0.15, -0.1) is 0 Å². The van der Waals surface area contributed by atoms with Crippen LogP contribution in [-0.2, 0) is 14.8 Å². The average molecular weight is 375 g/mol. The molecule has 2 aliphatic rings. The van der Waals surface area contributed by atoms with E-state index in [0.717, 1.165) is 19.4 Å². The summed E-state index contributed by atoms with van der Waals surface area (Å²) in [4.78, 5) is 14.6. The van der Waals surface area contributed by atoms with Gasteiger partial charge in [0, 0.05) is 32.1 Å². The first kappa shape index (κ1) is 18.9. The van der Waals surface area contributed by atoms with Crippen molar-refractivity contribution in [3.05, 3.63) is 29.8 Å². The molecule has 0 aromatic heterocycles. The first-order valence-electron chi connectivity index (χ1n) is 9.13. The number of carbonyl (C=O) groups is 1. The van der Waals surface area contributed by atoms with Crippen LogP contribution in [0.2, 0.25) is 0 Å². The van der Waals surface area contributed by atoms with E-state index in [1.165, 1.54) is 16.4 Å². The molecule has 3 rings (SSSR count). The summed E-state index contributed by atoms with van der Waals surface area (Å²) >= 11 is 0. The molecule has 0 unspecified atom stereocenters. The second-order valence-electron chi connectivity index (χ2n) is 7.52. The highest BCUT2D eigenvalue weighted by molar-refractivity contribution is 7.89. The van der Waals surface area contributed by atoms with Crippen LogP contribution in [0.5, 0.6) is 0 Å². The number of hydrogen-bond donors (Lipinski definition) is 0. The Balaban J connectivity index is 1.92. The van der Waals surface area contributed by atoms with Gasteiger partial charge in [-0.3, -0.25) is 4.79 Å². The predicted molar refractivity (Wildman–Crippen MR) is 97.6 cm³/mol. The summed E-state index contributed by atoms with van der Waals surface area (Å²) in [5, 5.41) is 9.27. The van der Waals surface area contributed by atoms with Crippen LogP contribution < -0.4 is 0 Å². The maximum Gasteiger partial charge on any atom is 0.244 e. The maximum atomic E-state index is 13.2. The zero-order valence-electron chi connectivity index (χ0n) is 15.3. The highest BCUT2D eigenvalue weighted by Gasteiger charge is 2.39. The van der Waals surface area contributed by atoms with Crippen LogP contribution in [0.15, 0.2) is 29.2 Å². The highest BCUT2D eigenvalue weighted by atomic mass is 32.2. The fraction of sp³-hybridized carbons (Fsp3) is 0.579. The first-order valence-corrected chi connectivity index (χ1v) is 10.6. The Bertz CT molecular complexity index is 825. The third kappa shape index (κ3) is 3.76. The smallest absolute Gasteiger partial charge is 0.244 e. The molecule has 1 heterocycles. The van der Waals surface area contributed by atoms with E-state index in [9.17, 15) is 18.5 Å². The predicted octanol–water partition coefficient (Wildman–Crippen LogP) is 2.22. The molecule has 1 aromatic rings. The number of benzene rings is 1. The maximum absolute atomic E-state index is 13.2. The Hall–Kier alpha value is -1.91. The summed E-state index contributed by atoms with van der Waals surface area (Å²) < 4.78 is 27.7. The van der Waals surface area contributed by atoms with Crippen molar-refractivity contribution in [1.29, 1.82) is 5.26 Å². The van der Waals surface area contributed by atoms with E-state index in [1.807, 2.05) is 24.8 Å². The van der Waals surface area contributed by atoms with Gasteiger partial charge in [-0.1, -0.05) is 26.0 Å². The summed E-state index contributed by atoms with van der Waals surface area (Å²) in [6, 6.07) is 8.06. The molecule has 2 fully saturated rings. The van der Waals surface area contributed by atoms with Crippen LogP contribution in [0.4, 0.5) is 0 Å². The quantitative estimate of drug-likeness (QED) is 0.790. The van der Waals surface area contributed by atoms with Gasteiger partial charge in [-0.05, 0) is 36.8 Å². The van der Waals surface area contributed by atoms with Crippen molar-refractivity contribution in [2.45, 2.75) is 44.0 Å². The second kappa shape index (κ2) is 7.37. The fourth-order valence-corrected chi connectivity index (χ4v) is 5.08. The number of nitrogens with zero attached hydrogens (tertiary/aromatic N) is 3. The van der Waals surface area contributed by atoms with Gasteiger partial charge in [0.25, 0.3) is 0 Å². The molecule has 1 saturated carbocycles. The molecule has 0 radical (unpaired) electrons. The molecule has 1 aliphatic heterocycles. The monoisotopic (exact) mass is 375 g/mol. The largest absolute Gasteiger partial charge is 0.338 e. The van der Waals surface area contributed by atoms with E-state index in [2.05, 4.69) is 0 Å². The average Bonchev–Trinajstić information content (AvgIpc) is 3.44. The fourth-order valence-electron chi connectivity index (χ4n) is 3.48. The summed E-state index contributed by atoms with van der Waals surface area (Å²) in [5.41, 5.74) is 0.138. The van der Waals surface area contributed by atoms with Crippen LogP contribution in [0.1, 0.15) is 38.7 Å². The molecule has 6 nitrogen and oxygen atoms in total. The molecular weight excluding hydrogens is 350 g/mol. The van der Waals surface area contributed by atoms with Crippen molar-refractivity contribution in [3.63, 3.8) is 0 Å². The zero-order valence-corrected chi connectivity index (χ0v) is 16.1. The van der Waals surface area contributed by atoms with Gasteiger partial charge >= 0.3 is 0 Å². The Morgan fingerprint density at radius 1 is 1.27 bits per heavy atom. The Kier molecular flexibility index (Phi) is 5.35. The van der Waals surface area contributed by atoms with Crippen LogP contribution in [-0.4, -0.2) is 49.2 Å². The molecule has 1 amide bonds.